The Kier molecular flexibility index (Phi) is 5.57. The summed E-state index contributed by atoms with van der Waals surface area (Å²) in [4.78, 5) is 12.5. The van der Waals surface area contributed by atoms with Gasteiger partial charge in [-0.05, 0) is 59.1 Å². The lowest BCUT2D eigenvalue weighted by Gasteiger charge is -2.08. The Morgan fingerprint density at radius 1 is 1.11 bits per heavy atom. The number of hydrogen-bond acceptors (Lipinski definition) is 6. The number of esters is 1. The highest BCUT2D eigenvalue weighted by molar-refractivity contribution is 8.00. The van der Waals surface area contributed by atoms with Gasteiger partial charge in [-0.25, -0.2) is 9.48 Å². The van der Waals surface area contributed by atoms with E-state index in [4.69, 9.17) is 17.0 Å². The first-order valence-electron chi connectivity index (χ1n) is 8.54. The predicted octanol–water partition coefficient (Wildman–Crippen LogP) is 5.90. The lowest BCUT2D eigenvalue weighted by atomic mass is 10.1. The molecule has 7 heteroatoms. The van der Waals surface area contributed by atoms with Crippen LogP contribution in [-0.2, 0) is 11.3 Å². The van der Waals surface area contributed by atoms with Crippen LogP contribution in [0.2, 0.25) is 0 Å². The van der Waals surface area contributed by atoms with Gasteiger partial charge in [-0.3, -0.25) is 0 Å². The van der Waals surface area contributed by atoms with Crippen LogP contribution < -0.4 is 0 Å². The SMILES string of the molecule is CSc1nn(-c2ccc(C(=O)OCc3cccc4ccccc34)cc2)c(=S)s1. The van der Waals surface area contributed by atoms with Crippen molar-refractivity contribution in [2.24, 2.45) is 0 Å². The molecule has 0 fully saturated rings. The molecule has 0 radical (unpaired) electrons. The van der Waals surface area contributed by atoms with E-state index < -0.39 is 0 Å². The smallest absolute Gasteiger partial charge is 0.338 e. The van der Waals surface area contributed by atoms with Crippen molar-refractivity contribution in [2.75, 3.05) is 6.26 Å². The molecule has 0 unspecified atom stereocenters. The first-order valence-corrected chi connectivity index (χ1v) is 11.0. The number of carbonyl (C=O) groups is 1. The highest BCUT2D eigenvalue weighted by Gasteiger charge is 2.10. The molecule has 140 valence electrons. The fourth-order valence-corrected chi connectivity index (χ4v) is 4.67. The Morgan fingerprint density at radius 3 is 2.61 bits per heavy atom. The van der Waals surface area contributed by atoms with E-state index in [1.165, 1.54) is 11.3 Å². The van der Waals surface area contributed by atoms with E-state index in [-0.39, 0.29) is 12.6 Å². The molecule has 4 aromatic rings. The molecule has 1 heterocycles. The number of thioether (sulfide) groups is 1. The molecule has 0 saturated carbocycles. The summed E-state index contributed by atoms with van der Waals surface area (Å²) in [5.41, 5.74) is 2.31. The molecule has 0 aliphatic carbocycles. The van der Waals surface area contributed by atoms with E-state index in [0.29, 0.717) is 9.52 Å². The Hall–Kier alpha value is -2.48. The first kappa shape index (κ1) is 18.9. The molecule has 0 aliphatic heterocycles. The summed E-state index contributed by atoms with van der Waals surface area (Å²) in [5, 5.41) is 6.68. The predicted molar refractivity (Wildman–Crippen MR) is 117 cm³/mol. The molecule has 0 aliphatic rings. The Labute approximate surface area is 175 Å². The molecule has 0 N–H and O–H groups in total. The number of benzene rings is 3. The molecule has 28 heavy (non-hydrogen) atoms. The Balaban J connectivity index is 1.49. The third kappa shape index (κ3) is 3.87. The molecule has 1 aromatic heterocycles. The average molecular weight is 425 g/mol. The van der Waals surface area contributed by atoms with Crippen molar-refractivity contribution in [3.05, 3.63) is 81.8 Å². The quantitative estimate of drug-likeness (QED) is 0.227. The number of carbonyl (C=O) groups excluding carboxylic acids is 1. The van der Waals surface area contributed by atoms with Crippen LogP contribution in [0.4, 0.5) is 0 Å². The van der Waals surface area contributed by atoms with Gasteiger partial charge in [-0.1, -0.05) is 65.6 Å². The lowest BCUT2D eigenvalue weighted by molar-refractivity contribution is 0.0474. The zero-order valence-corrected chi connectivity index (χ0v) is 17.4. The van der Waals surface area contributed by atoms with Gasteiger partial charge in [0, 0.05) is 0 Å². The van der Waals surface area contributed by atoms with Gasteiger partial charge in [0.05, 0.1) is 11.3 Å². The number of rotatable bonds is 5. The van der Waals surface area contributed by atoms with Gasteiger partial charge in [0.25, 0.3) is 0 Å². The molecule has 0 bridgehead atoms. The normalized spacial score (nSPS) is 10.9. The van der Waals surface area contributed by atoms with Gasteiger partial charge in [0.2, 0.25) is 0 Å². The van der Waals surface area contributed by atoms with Crippen molar-refractivity contribution >= 4 is 52.1 Å². The highest BCUT2D eigenvalue weighted by atomic mass is 32.2. The molecule has 0 atom stereocenters. The maximum Gasteiger partial charge on any atom is 0.338 e. The van der Waals surface area contributed by atoms with Gasteiger partial charge in [0.15, 0.2) is 8.29 Å². The molecular formula is C21H16N2O2S3. The highest BCUT2D eigenvalue weighted by Crippen LogP contribution is 2.22. The first-order chi connectivity index (χ1) is 13.7. The van der Waals surface area contributed by atoms with Gasteiger partial charge in [-0.15, -0.1) is 5.10 Å². The van der Waals surface area contributed by atoms with Gasteiger partial charge >= 0.3 is 5.97 Å². The number of ether oxygens (including phenoxy) is 1. The maximum absolute atomic E-state index is 12.5. The monoisotopic (exact) mass is 424 g/mol. The zero-order chi connectivity index (χ0) is 19.5. The van der Waals surface area contributed by atoms with Crippen LogP contribution in [-0.4, -0.2) is 22.0 Å². The summed E-state index contributed by atoms with van der Waals surface area (Å²) in [7, 11) is 0. The molecule has 3 aromatic carbocycles. The third-order valence-corrected chi connectivity index (χ3v) is 6.50. The van der Waals surface area contributed by atoms with Crippen molar-refractivity contribution in [1.29, 1.82) is 0 Å². The number of hydrogen-bond donors (Lipinski definition) is 0. The summed E-state index contributed by atoms with van der Waals surface area (Å²) in [6, 6.07) is 21.2. The van der Waals surface area contributed by atoms with Crippen molar-refractivity contribution in [2.45, 2.75) is 10.9 Å². The minimum Gasteiger partial charge on any atom is -0.457 e. The molecule has 0 spiro atoms. The van der Waals surface area contributed by atoms with E-state index >= 15 is 0 Å². The van der Waals surface area contributed by atoms with E-state index in [9.17, 15) is 4.79 Å². The standard InChI is InChI=1S/C21H16N2O2S3/c1-27-20-22-23(21(26)28-20)17-11-9-15(10-12-17)19(24)25-13-16-7-4-6-14-5-2-3-8-18(14)16/h2-12H,13H2,1H3. The Morgan fingerprint density at radius 2 is 1.86 bits per heavy atom. The van der Waals surface area contributed by atoms with Crippen LogP contribution in [0.1, 0.15) is 15.9 Å². The fourth-order valence-electron chi connectivity index (χ4n) is 2.89. The summed E-state index contributed by atoms with van der Waals surface area (Å²) in [6.45, 7) is 0.232. The molecule has 4 rings (SSSR count). The molecule has 0 amide bonds. The van der Waals surface area contributed by atoms with Gasteiger partial charge in [-0.2, -0.15) is 0 Å². The van der Waals surface area contributed by atoms with Crippen LogP contribution >= 0.6 is 35.3 Å². The second-order valence-electron chi connectivity index (χ2n) is 6.01. The van der Waals surface area contributed by atoms with Crippen LogP contribution in [0.15, 0.2) is 71.1 Å². The van der Waals surface area contributed by atoms with Crippen LogP contribution in [0.25, 0.3) is 16.5 Å². The second kappa shape index (κ2) is 8.26. The number of aromatic nitrogens is 2. The van der Waals surface area contributed by atoms with Crippen molar-refractivity contribution < 1.29 is 9.53 Å². The zero-order valence-electron chi connectivity index (χ0n) is 15.0. The third-order valence-electron chi connectivity index (χ3n) is 4.29. The van der Waals surface area contributed by atoms with E-state index in [1.54, 1.807) is 28.6 Å². The van der Waals surface area contributed by atoms with Crippen molar-refractivity contribution in [3.63, 3.8) is 0 Å². The lowest BCUT2D eigenvalue weighted by Crippen LogP contribution is -2.06. The van der Waals surface area contributed by atoms with Crippen LogP contribution in [0, 0.1) is 3.95 Å². The van der Waals surface area contributed by atoms with E-state index in [0.717, 1.165) is 26.4 Å². The average Bonchev–Trinajstić information content (AvgIpc) is 3.13. The largest absolute Gasteiger partial charge is 0.457 e. The van der Waals surface area contributed by atoms with Gasteiger partial charge < -0.3 is 4.74 Å². The van der Waals surface area contributed by atoms with Crippen molar-refractivity contribution in [1.82, 2.24) is 9.78 Å². The fraction of sp³-hybridized carbons (Fsp3) is 0.0952. The molecule has 4 nitrogen and oxygen atoms in total. The molecular weight excluding hydrogens is 408 g/mol. The Bertz CT molecular complexity index is 1190. The van der Waals surface area contributed by atoms with Gasteiger partial charge in [0.1, 0.15) is 6.61 Å². The van der Waals surface area contributed by atoms with E-state index in [1.807, 2.05) is 60.9 Å². The van der Waals surface area contributed by atoms with Crippen molar-refractivity contribution in [3.8, 4) is 5.69 Å². The van der Waals surface area contributed by atoms with Crippen LogP contribution in [0.3, 0.4) is 0 Å². The van der Waals surface area contributed by atoms with Crippen LogP contribution in [0.5, 0.6) is 0 Å². The minimum absolute atomic E-state index is 0.232. The summed E-state index contributed by atoms with van der Waals surface area (Å²) in [5.74, 6) is -0.355. The summed E-state index contributed by atoms with van der Waals surface area (Å²) in [6.07, 6.45) is 1.97. The molecule has 0 saturated heterocycles. The maximum atomic E-state index is 12.5. The topological polar surface area (TPSA) is 44.1 Å². The number of fused-ring (bicyclic) bond motifs is 1. The number of nitrogens with zero attached hydrogens (tertiary/aromatic N) is 2. The second-order valence-corrected chi connectivity index (χ2v) is 8.69. The summed E-state index contributed by atoms with van der Waals surface area (Å²) < 4.78 is 8.82. The minimum atomic E-state index is -0.355. The van der Waals surface area contributed by atoms with E-state index in [2.05, 4.69) is 5.10 Å². The summed E-state index contributed by atoms with van der Waals surface area (Å²) >= 11 is 8.38.